The van der Waals surface area contributed by atoms with Crippen molar-refractivity contribution in [1.29, 1.82) is 0 Å². The molecule has 4 nitrogen and oxygen atoms in total. The highest BCUT2D eigenvalue weighted by Gasteiger charge is 2.15. The van der Waals surface area contributed by atoms with E-state index >= 15 is 0 Å². The van der Waals surface area contributed by atoms with Crippen molar-refractivity contribution in [3.05, 3.63) is 40.6 Å². The average Bonchev–Trinajstić information content (AvgIpc) is 2.76. The predicted octanol–water partition coefficient (Wildman–Crippen LogP) is 3.22. The number of nitrogens with two attached hydrogens (primary N) is 1. The number of hydrogen-bond acceptors (Lipinski definition) is 4. The minimum Gasteiger partial charge on any atom is -0.358 e. The molecule has 18 heavy (non-hydrogen) atoms. The van der Waals surface area contributed by atoms with Crippen LogP contribution in [0.1, 0.15) is 35.5 Å². The van der Waals surface area contributed by atoms with Crippen molar-refractivity contribution in [2.24, 2.45) is 5.90 Å². The second kappa shape index (κ2) is 4.92. The Bertz CT molecular complexity index is 538. The first-order chi connectivity index (χ1) is 8.52. The van der Waals surface area contributed by atoms with E-state index in [4.69, 9.17) is 15.3 Å². The van der Waals surface area contributed by atoms with Crippen LogP contribution in [-0.2, 0) is 4.84 Å². The Balaban J connectivity index is 2.46. The van der Waals surface area contributed by atoms with E-state index in [2.05, 4.69) is 38.1 Å². The zero-order valence-electron chi connectivity index (χ0n) is 11.2. The van der Waals surface area contributed by atoms with Crippen molar-refractivity contribution < 1.29 is 9.36 Å². The van der Waals surface area contributed by atoms with Gasteiger partial charge in [-0.25, -0.2) is 5.90 Å². The molecule has 1 heterocycles. The molecule has 0 saturated heterocycles. The number of benzene rings is 1. The summed E-state index contributed by atoms with van der Waals surface area (Å²) in [6.45, 7) is 8.06. The summed E-state index contributed by atoms with van der Waals surface area (Å²) >= 11 is 0. The Morgan fingerprint density at radius 1 is 1.17 bits per heavy atom. The van der Waals surface area contributed by atoms with E-state index in [1.54, 1.807) is 0 Å². The largest absolute Gasteiger partial charge is 0.358 e. The van der Waals surface area contributed by atoms with Crippen LogP contribution < -0.4 is 5.90 Å². The molecule has 1 aromatic carbocycles. The van der Waals surface area contributed by atoms with Crippen LogP contribution >= 0.6 is 0 Å². The van der Waals surface area contributed by atoms with Crippen molar-refractivity contribution in [3.8, 4) is 11.3 Å². The summed E-state index contributed by atoms with van der Waals surface area (Å²) in [6, 6.07) is 6.15. The lowest BCUT2D eigenvalue weighted by Gasteiger charge is -2.08. The van der Waals surface area contributed by atoms with Gasteiger partial charge in [-0.3, -0.25) is 4.84 Å². The molecule has 0 fully saturated rings. The summed E-state index contributed by atoms with van der Waals surface area (Å²) < 4.78 is 5.26. The van der Waals surface area contributed by atoms with E-state index in [0.717, 1.165) is 11.3 Å². The highest BCUT2D eigenvalue weighted by atomic mass is 16.6. The van der Waals surface area contributed by atoms with Crippen LogP contribution in [0.4, 0.5) is 0 Å². The molecule has 2 rings (SSSR count). The van der Waals surface area contributed by atoms with Gasteiger partial charge in [-0.05, 0) is 38.8 Å². The minimum atomic E-state index is -0.294. The molecule has 0 radical (unpaired) electrons. The van der Waals surface area contributed by atoms with Crippen LogP contribution in [0.25, 0.3) is 11.3 Å². The normalized spacial score (nSPS) is 12.7. The van der Waals surface area contributed by atoms with Gasteiger partial charge in [0.25, 0.3) is 0 Å². The number of aromatic nitrogens is 1. The summed E-state index contributed by atoms with van der Waals surface area (Å²) in [7, 11) is 0. The summed E-state index contributed by atoms with van der Waals surface area (Å²) in [5.74, 6) is 5.78. The molecule has 96 valence electrons. The van der Waals surface area contributed by atoms with Gasteiger partial charge in [0, 0.05) is 11.6 Å². The maximum absolute atomic E-state index is 5.26. The van der Waals surface area contributed by atoms with Crippen LogP contribution in [0, 0.1) is 20.8 Å². The van der Waals surface area contributed by atoms with Gasteiger partial charge in [0.2, 0.25) is 0 Å². The van der Waals surface area contributed by atoms with Crippen LogP contribution in [0.2, 0.25) is 0 Å². The predicted molar refractivity (Wildman–Crippen MR) is 69.8 cm³/mol. The molecule has 0 bridgehead atoms. The fourth-order valence-corrected chi connectivity index (χ4v) is 2.25. The van der Waals surface area contributed by atoms with Gasteiger partial charge >= 0.3 is 0 Å². The van der Waals surface area contributed by atoms with E-state index in [9.17, 15) is 0 Å². The lowest BCUT2D eigenvalue weighted by atomic mass is 9.97. The van der Waals surface area contributed by atoms with Crippen molar-refractivity contribution in [2.45, 2.75) is 33.8 Å². The Kier molecular flexibility index (Phi) is 3.50. The molecule has 2 aromatic rings. The molecule has 0 aliphatic rings. The topological polar surface area (TPSA) is 61.3 Å². The molecule has 0 aliphatic carbocycles. The molecular weight excluding hydrogens is 228 g/mol. The fraction of sp³-hybridized carbons (Fsp3) is 0.357. The zero-order valence-corrected chi connectivity index (χ0v) is 11.2. The lowest BCUT2D eigenvalue weighted by molar-refractivity contribution is 0.0465. The van der Waals surface area contributed by atoms with E-state index in [1.807, 2.05) is 13.0 Å². The van der Waals surface area contributed by atoms with Gasteiger partial charge in [-0.15, -0.1) is 0 Å². The molecule has 4 heteroatoms. The van der Waals surface area contributed by atoms with E-state index in [1.165, 1.54) is 16.7 Å². The standard InChI is InChI=1S/C14H18N2O2/c1-8-5-9(2)14(10(3)6-8)12-7-13(18-16-12)11(4)17-15/h5-7,11H,15H2,1-4H3/t11-/m0/s1. The van der Waals surface area contributed by atoms with E-state index in [0.29, 0.717) is 5.76 Å². The van der Waals surface area contributed by atoms with Gasteiger partial charge in [-0.1, -0.05) is 22.9 Å². The monoisotopic (exact) mass is 246 g/mol. The third-order valence-corrected chi connectivity index (χ3v) is 3.07. The molecular formula is C14H18N2O2. The highest BCUT2D eigenvalue weighted by molar-refractivity contribution is 5.68. The number of aryl methyl sites for hydroxylation is 3. The maximum Gasteiger partial charge on any atom is 0.167 e. The maximum atomic E-state index is 5.26. The molecule has 1 aromatic heterocycles. The summed E-state index contributed by atoms with van der Waals surface area (Å²) in [5, 5.41) is 4.10. The molecule has 0 amide bonds. The van der Waals surface area contributed by atoms with Crippen molar-refractivity contribution in [2.75, 3.05) is 0 Å². The third-order valence-electron chi connectivity index (χ3n) is 3.07. The molecule has 0 unspecified atom stereocenters. The van der Waals surface area contributed by atoms with Crippen molar-refractivity contribution in [1.82, 2.24) is 5.16 Å². The van der Waals surface area contributed by atoms with Crippen LogP contribution in [-0.4, -0.2) is 5.16 Å². The SMILES string of the molecule is Cc1cc(C)c(-c2cc([C@H](C)ON)on2)c(C)c1. The highest BCUT2D eigenvalue weighted by Crippen LogP contribution is 2.29. The van der Waals surface area contributed by atoms with Crippen molar-refractivity contribution in [3.63, 3.8) is 0 Å². The van der Waals surface area contributed by atoms with Gasteiger partial charge < -0.3 is 4.52 Å². The zero-order chi connectivity index (χ0) is 13.3. The minimum absolute atomic E-state index is 0.294. The molecule has 2 N–H and O–H groups in total. The number of rotatable bonds is 3. The summed E-state index contributed by atoms with van der Waals surface area (Å²) in [4.78, 5) is 4.73. The first-order valence-corrected chi connectivity index (χ1v) is 5.93. The van der Waals surface area contributed by atoms with Gasteiger partial charge in [0.1, 0.15) is 11.8 Å². The molecule has 0 saturated carbocycles. The molecule has 0 spiro atoms. The van der Waals surface area contributed by atoms with Gasteiger partial charge in [0.05, 0.1) is 0 Å². The fourth-order valence-electron chi connectivity index (χ4n) is 2.25. The van der Waals surface area contributed by atoms with E-state index < -0.39 is 0 Å². The van der Waals surface area contributed by atoms with Gasteiger partial charge in [0.15, 0.2) is 5.76 Å². The van der Waals surface area contributed by atoms with Gasteiger partial charge in [-0.2, -0.15) is 0 Å². The Morgan fingerprint density at radius 3 is 2.33 bits per heavy atom. The smallest absolute Gasteiger partial charge is 0.167 e. The quantitative estimate of drug-likeness (QED) is 0.845. The van der Waals surface area contributed by atoms with Crippen LogP contribution in [0.5, 0.6) is 0 Å². The third kappa shape index (κ3) is 2.30. The average molecular weight is 246 g/mol. The van der Waals surface area contributed by atoms with Crippen LogP contribution in [0.3, 0.4) is 0 Å². The number of nitrogens with zero attached hydrogens (tertiary/aromatic N) is 1. The Labute approximate surface area is 107 Å². The van der Waals surface area contributed by atoms with Crippen LogP contribution in [0.15, 0.2) is 22.7 Å². The second-order valence-electron chi connectivity index (χ2n) is 4.67. The Morgan fingerprint density at radius 2 is 1.78 bits per heavy atom. The lowest BCUT2D eigenvalue weighted by Crippen LogP contribution is -2.03. The summed E-state index contributed by atoms with van der Waals surface area (Å²) in [5.41, 5.74) is 5.56. The first kappa shape index (κ1) is 12.8. The molecule has 1 atom stereocenters. The first-order valence-electron chi connectivity index (χ1n) is 5.93. The number of hydrogen-bond donors (Lipinski definition) is 1. The molecule has 0 aliphatic heterocycles. The second-order valence-corrected chi connectivity index (χ2v) is 4.67. The van der Waals surface area contributed by atoms with Crippen molar-refractivity contribution >= 4 is 0 Å². The van der Waals surface area contributed by atoms with E-state index in [-0.39, 0.29) is 6.10 Å². The summed E-state index contributed by atoms with van der Waals surface area (Å²) in [6.07, 6.45) is -0.294. The Hall–Kier alpha value is -1.65.